The van der Waals surface area contributed by atoms with Crippen LogP contribution in [0.5, 0.6) is 0 Å². The second kappa shape index (κ2) is 5.97. The van der Waals surface area contributed by atoms with E-state index < -0.39 is 22.0 Å². The molecule has 2 rings (SSSR count). The minimum absolute atomic E-state index is 0.000553. The number of rotatable bonds is 5. The Hall–Kier alpha value is -1.70. The summed E-state index contributed by atoms with van der Waals surface area (Å²) in [6.07, 6.45) is 0. The zero-order chi connectivity index (χ0) is 15.6. The molecule has 2 N–H and O–H groups in total. The van der Waals surface area contributed by atoms with E-state index in [4.69, 9.17) is 5.11 Å². The van der Waals surface area contributed by atoms with Crippen LogP contribution in [0.4, 0.5) is 0 Å². The van der Waals surface area contributed by atoms with Gasteiger partial charge in [-0.05, 0) is 25.5 Å². The van der Waals surface area contributed by atoms with Crippen LogP contribution in [0.15, 0.2) is 39.9 Å². The zero-order valence-electron chi connectivity index (χ0n) is 11.5. The highest BCUT2D eigenvalue weighted by atomic mass is 32.2. The van der Waals surface area contributed by atoms with Gasteiger partial charge in [0.05, 0.1) is 5.56 Å². The van der Waals surface area contributed by atoms with Crippen LogP contribution in [0.25, 0.3) is 0 Å². The second-order valence-electron chi connectivity index (χ2n) is 4.72. The Bertz CT molecular complexity index is 765. The van der Waals surface area contributed by atoms with Gasteiger partial charge < -0.3 is 5.11 Å². The molecule has 0 aliphatic carbocycles. The molecule has 5 nitrogen and oxygen atoms in total. The maximum Gasteiger partial charge on any atom is 0.336 e. The first-order valence-corrected chi connectivity index (χ1v) is 8.56. The molecule has 0 amide bonds. The predicted octanol–water partition coefficient (Wildman–Crippen LogP) is 2.79. The highest BCUT2D eigenvalue weighted by molar-refractivity contribution is 7.91. The van der Waals surface area contributed by atoms with Gasteiger partial charge in [-0.25, -0.2) is 17.9 Å². The van der Waals surface area contributed by atoms with E-state index >= 15 is 0 Å². The molecule has 1 aromatic heterocycles. The Labute approximate surface area is 127 Å². The average Bonchev–Trinajstić information content (AvgIpc) is 2.88. The Morgan fingerprint density at radius 3 is 2.62 bits per heavy atom. The van der Waals surface area contributed by atoms with Crippen molar-refractivity contribution in [1.29, 1.82) is 0 Å². The number of sulfonamides is 1. The van der Waals surface area contributed by atoms with Crippen LogP contribution in [0.2, 0.25) is 0 Å². The third-order valence-electron chi connectivity index (χ3n) is 2.96. The first kappa shape index (κ1) is 15.7. The minimum Gasteiger partial charge on any atom is -0.478 e. The molecule has 0 aliphatic rings. The minimum atomic E-state index is -3.73. The van der Waals surface area contributed by atoms with Crippen molar-refractivity contribution < 1.29 is 18.3 Å². The lowest BCUT2D eigenvalue weighted by Crippen LogP contribution is -2.26. The third-order valence-corrected chi connectivity index (χ3v) is 5.94. The van der Waals surface area contributed by atoms with E-state index in [0.717, 1.165) is 28.5 Å². The largest absolute Gasteiger partial charge is 0.478 e. The van der Waals surface area contributed by atoms with Gasteiger partial charge in [-0.3, -0.25) is 0 Å². The van der Waals surface area contributed by atoms with E-state index in [2.05, 4.69) is 4.72 Å². The molecule has 0 radical (unpaired) electrons. The maximum atomic E-state index is 12.2. The number of hydrogen-bond donors (Lipinski definition) is 2. The number of benzene rings is 1. The highest BCUT2D eigenvalue weighted by Crippen LogP contribution is 2.23. The third kappa shape index (κ3) is 3.69. The number of carboxylic acid groups (broad SMARTS) is 1. The van der Waals surface area contributed by atoms with E-state index in [1.54, 1.807) is 6.92 Å². The van der Waals surface area contributed by atoms with Gasteiger partial charge in [-0.15, -0.1) is 11.3 Å². The topological polar surface area (TPSA) is 83.5 Å². The molecular formula is C14H15NO4S2. The lowest BCUT2D eigenvalue weighted by molar-refractivity contribution is 0.0697. The smallest absolute Gasteiger partial charge is 0.336 e. The molecule has 7 heteroatoms. The molecule has 0 fully saturated rings. The van der Waals surface area contributed by atoms with Crippen molar-refractivity contribution in [3.05, 3.63) is 52.4 Å². The van der Waals surface area contributed by atoms with Crippen LogP contribution in [-0.2, 0) is 10.0 Å². The van der Waals surface area contributed by atoms with Gasteiger partial charge in [0.25, 0.3) is 10.0 Å². The fourth-order valence-corrected chi connectivity index (χ4v) is 4.27. The van der Waals surface area contributed by atoms with E-state index in [-0.39, 0.29) is 9.77 Å². The Morgan fingerprint density at radius 2 is 2.05 bits per heavy atom. The summed E-state index contributed by atoms with van der Waals surface area (Å²) in [5.74, 6) is -1.14. The van der Waals surface area contributed by atoms with Crippen molar-refractivity contribution in [2.24, 2.45) is 0 Å². The number of hydrogen-bond acceptors (Lipinski definition) is 4. The number of carboxylic acids is 1. The van der Waals surface area contributed by atoms with Gasteiger partial charge in [0, 0.05) is 11.4 Å². The van der Waals surface area contributed by atoms with E-state index in [0.29, 0.717) is 0 Å². The molecule has 2 aromatic rings. The number of aryl methyl sites for hydroxylation is 1. The molecule has 0 aliphatic heterocycles. The number of carbonyl (C=O) groups is 1. The summed E-state index contributed by atoms with van der Waals surface area (Å²) in [4.78, 5) is 10.8. The quantitative estimate of drug-likeness (QED) is 0.885. The van der Waals surface area contributed by atoms with Crippen molar-refractivity contribution in [3.8, 4) is 0 Å². The summed E-state index contributed by atoms with van der Waals surface area (Å²) in [6, 6.07) is 8.32. The molecule has 112 valence electrons. The standard InChI is InChI=1S/C14H15NO4S2/c1-9-4-3-5-11(6-9)10(2)15-21(18,19)13-7-12(8-20-13)14(16)17/h3-8,10,15H,1-2H3,(H,16,17)/t10-/m1/s1. The van der Waals surface area contributed by atoms with E-state index in [1.165, 1.54) is 5.38 Å². The SMILES string of the molecule is Cc1cccc([C@@H](C)NS(=O)(=O)c2cc(C(=O)O)cs2)c1. The Balaban J connectivity index is 2.22. The first-order valence-electron chi connectivity index (χ1n) is 6.20. The maximum absolute atomic E-state index is 12.2. The van der Waals surface area contributed by atoms with Gasteiger partial charge in [0.1, 0.15) is 4.21 Å². The molecule has 1 aromatic carbocycles. The van der Waals surface area contributed by atoms with Gasteiger partial charge in [0.2, 0.25) is 0 Å². The summed E-state index contributed by atoms with van der Waals surface area (Å²) in [5, 5.41) is 10.2. The lowest BCUT2D eigenvalue weighted by atomic mass is 10.1. The molecular weight excluding hydrogens is 310 g/mol. The van der Waals surface area contributed by atoms with Crippen LogP contribution in [0.3, 0.4) is 0 Å². The fraction of sp³-hybridized carbons (Fsp3) is 0.214. The molecule has 1 heterocycles. The van der Waals surface area contributed by atoms with Crippen LogP contribution in [0, 0.1) is 6.92 Å². The van der Waals surface area contributed by atoms with Crippen LogP contribution in [0.1, 0.15) is 34.5 Å². The molecule has 1 atom stereocenters. The normalized spacial score (nSPS) is 13.0. The molecule has 0 saturated heterocycles. The van der Waals surface area contributed by atoms with Crippen molar-refractivity contribution in [3.63, 3.8) is 0 Å². The number of nitrogens with one attached hydrogen (secondary N) is 1. The molecule has 0 spiro atoms. The van der Waals surface area contributed by atoms with Crippen LogP contribution >= 0.6 is 11.3 Å². The summed E-state index contributed by atoms with van der Waals surface area (Å²) in [5.41, 5.74) is 1.88. The second-order valence-corrected chi connectivity index (χ2v) is 7.57. The van der Waals surface area contributed by atoms with Crippen molar-refractivity contribution in [2.45, 2.75) is 24.1 Å². The van der Waals surface area contributed by atoms with Crippen LogP contribution < -0.4 is 4.72 Å². The summed E-state index contributed by atoms with van der Waals surface area (Å²) in [7, 11) is -3.73. The number of aromatic carboxylic acids is 1. The van der Waals surface area contributed by atoms with Crippen LogP contribution in [-0.4, -0.2) is 19.5 Å². The van der Waals surface area contributed by atoms with Crippen molar-refractivity contribution in [2.75, 3.05) is 0 Å². The van der Waals surface area contributed by atoms with Crippen molar-refractivity contribution >= 4 is 27.3 Å². The molecule has 21 heavy (non-hydrogen) atoms. The summed E-state index contributed by atoms with van der Waals surface area (Å²) < 4.78 is 27.0. The Morgan fingerprint density at radius 1 is 1.33 bits per heavy atom. The van der Waals surface area contributed by atoms with E-state index in [1.807, 2.05) is 31.2 Å². The highest BCUT2D eigenvalue weighted by Gasteiger charge is 2.21. The monoisotopic (exact) mass is 325 g/mol. The molecule has 0 bridgehead atoms. The summed E-state index contributed by atoms with van der Waals surface area (Å²) in [6.45, 7) is 3.68. The van der Waals surface area contributed by atoms with Gasteiger partial charge >= 0.3 is 5.97 Å². The molecule has 0 unspecified atom stereocenters. The first-order chi connectivity index (χ1) is 9.79. The fourth-order valence-electron chi connectivity index (χ4n) is 1.87. The van der Waals surface area contributed by atoms with Gasteiger partial charge in [-0.1, -0.05) is 29.8 Å². The van der Waals surface area contributed by atoms with E-state index in [9.17, 15) is 13.2 Å². The predicted molar refractivity (Wildman–Crippen MR) is 81.2 cm³/mol. The Kier molecular flexibility index (Phi) is 4.46. The zero-order valence-corrected chi connectivity index (χ0v) is 13.2. The van der Waals surface area contributed by atoms with Gasteiger partial charge in [0.15, 0.2) is 0 Å². The van der Waals surface area contributed by atoms with Crippen molar-refractivity contribution in [1.82, 2.24) is 4.72 Å². The molecule has 0 saturated carbocycles. The van der Waals surface area contributed by atoms with Gasteiger partial charge in [-0.2, -0.15) is 0 Å². The average molecular weight is 325 g/mol. The lowest BCUT2D eigenvalue weighted by Gasteiger charge is -2.14. The number of thiophene rings is 1. The summed E-state index contributed by atoms with van der Waals surface area (Å²) >= 11 is 0.894.